The van der Waals surface area contributed by atoms with Crippen LogP contribution in [0.1, 0.15) is 33.1 Å². The van der Waals surface area contributed by atoms with E-state index in [0.29, 0.717) is 22.4 Å². The minimum Gasteiger partial charge on any atom is -0.421 e. The fraction of sp³-hybridized carbons (Fsp3) is 0.474. The molecule has 1 aromatic carbocycles. The maximum atomic E-state index is 13.0. The molecule has 0 amide bonds. The predicted molar refractivity (Wildman–Crippen MR) is 103 cm³/mol. The number of rotatable bonds is 3. The fourth-order valence-electron chi connectivity index (χ4n) is 4.01. The minimum absolute atomic E-state index is 0.0696. The SMILES string of the molecule is C[C@H]1[C@H](C)CCC[C@@H]1NS(=O)(=O)c1ccc2oc(=O)c3ncn(C)c3c2c1. The molecule has 1 N–H and O–H groups in total. The van der Waals surface area contributed by atoms with Gasteiger partial charge in [0.25, 0.3) is 0 Å². The van der Waals surface area contributed by atoms with Crippen molar-refractivity contribution in [3.8, 4) is 0 Å². The van der Waals surface area contributed by atoms with Gasteiger partial charge in [-0.1, -0.05) is 26.7 Å². The molecule has 3 atom stereocenters. The van der Waals surface area contributed by atoms with Crippen LogP contribution in [0.25, 0.3) is 22.0 Å². The molecule has 144 valence electrons. The molecule has 0 spiro atoms. The molecule has 2 heterocycles. The maximum absolute atomic E-state index is 13.0. The molecule has 0 unspecified atom stereocenters. The number of fused-ring (bicyclic) bond motifs is 3. The van der Waals surface area contributed by atoms with Crippen molar-refractivity contribution in [2.75, 3.05) is 0 Å². The summed E-state index contributed by atoms with van der Waals surface area (Å²) in [5.74, 6) is 0.780. The Balaban J connectivity index is 1.79. The lowest BCUT2D eigenvalue weighted by Gasteiger charge is -2.34. The smallest absolute Gasteiger partial charge is 0.364 e. The van der Waals surface area contributed by atoms with Crippen molar-refractivity contribution in [2.24, 2.45) is 18.9 Å². The largest absolute Gasteiger partial charge is 0.421 e. The van der Waals surface area contributed by atoms with Gasteiger partial charge >= 0.3 is 5.63 Å². The Bertz CT molecular complexity index is 1180. The number of sulfonamides is 1. The van der Waals surface area contributed by atoms with E-state index in [1.165, 1.54) is 18.5 Å². The van der Waals surface area contributed by atoms with Crippen LogP contribution in [0, 0.1) is 11.8 Å². The number of hydrogen-bond donors (Lipinski definition) is 1. The highest BCUT2D eigenvalue weighted by molar-refractivity contribution is 7.89. The Morgan fingerprint density at radius 1 is 1.26 bits per heavy atom. The van der Waals surface area contributed by atoms with Gasteiger partial charge in [-0.3, -0.25) is 0 Å². The molecule has 0 radical (unpaired) electrons. The van der Waals surface area contributed by atoms with Crippen molar-refractivity contribution in [3.05, 3.63) is 34.9 Å². The minimum atomic E-state index is -3.68. The van der Waals surface area contributed by atoms with Crippen LogP contribution in [0.4, 0.5) is 0 Å². The molecule has 0 bridgehead atoms. The van der Waals surface area contributed by atoms with Crippen LogP contribution in [0.5, 0.6) is 0 Å². The maximum Gasteiger partial charge on any atom is 0.364 e. The van der Waals surface area contributed by atoms with E-state index in [-0.39, 0.29) is 22.4 Å². The third-order valence-corrected chi connectivity index (χ3v) is 7.35. The van der Waals surface area contributed by atoms with Crippen molar-refractivity contribution in [1.29, 1.82) is 0 Å². The second kappa shape index (κ2) is 6.45. The van der Waals surface area contributed by atoms with Crippen LogP contribution in [0.15, 0.2) is 38.6 Å². The lowest BCUT2D eigenvalue weighted by atomic mass is 9.78. The highest BCUT2D eigenvalue weighted by atomic mass is 32.2. The number of aryl methyl sites for hydroxylation is 1. The zero-order valence-electron chi connectivity index (χ0n) is 15.6. The first-order valence-corrected chi connectivity index (χ1v) is 10.7. The van der Waals surface area contributed by atoms with Crippen LogP contribution in [-0.4, -0.2) is 24.0 Å². The van der Waals surface area contributed by atoms with Gasteiger partial charge in [-0.15, -0.1) is 0 Å². The van der Waals surface area contributed by atoms with Gasteiger partial charge in [-0.05, 0) is 36.5 Å². The first kappa shape index (κ1) is 18.2. The van der Waals surface area contributed by atoms with Crippen molar-refractivity contribution < 1.29 is 12.8 Å². The summed E-state index contributed by atoms with van der Waals surface area (Å²) >= 11 is 0. The van der Waals surface area contributed by atoms with Gasteiger partial charge in [-0.25, -0.2) is 22.9 Å². The average molecular weight is 389 g/mol. The van der Waals surface area contributed by atoms with Crippen LogP contribution in [0.2, 0.25) is 0 Å². The Kier molecular flexibility index (Phi) is 4.35. The van der Waals surface area contributed by atoms with Crippen molar-refractivity contribution in [2.45, 2.75) is 44.0 Å². The van der Waals surface area contributed by atoms with Crippen LogP contribution in [0.3, 0.4) is 0 Å². The second-order valence-corrected chi connectivity index (χ2v) is 9.31. The zero-order valence-corrected chi connectivity index (χ0v) is 16.4. The molecule has 0 saturated heterocycles. The number of nitrogens with one attached hydrogen (secondary N) is 1. The van der Waals surface area contributed by atoms with Gasteiger partial charge in [0.15, 0.2) is 5.52 Å². The van der Waals surface area contributed by atoms with E-state index >= 15 is 0 Å². The molecule has 1 fully saturated rings. The summed E-state index contributed by atoms with van der Waals surface area (Å²) in [6.07, 6.45) is 4.52. The normalized spacial score (nSPS) is 23.9. The summed E-state index contributed by atoms with van der Waals surface area (Å²) in [5.41, 5.74) is 0.576. The number of aromatic nitrogens is 2. The van der Waals surface area contributed by atoms with Crippen LogP contribution >= 0.6 is 0 Å². The molecule has 3 aromatic rings. The standard InChI is InChI=1S/C19H23N3O4S/c1-11-5-4-6-15(12(11)2)21-27(24,25)13-7-8-16-14(9-13)18-17(19(23)26-16)20-10-22(18)3/h7-12,15,21H,4-6H2,1-3H3/t11-,12+,15+/m1/s1. The third kappa shape index (κ3) is 3.06. The summed E-state index contributed by atoms with van der Waals surface area (Å²) in [5, 5.41) is 0.553. The molecule has 1 saturated carbocycles. The summed E-state index contributed by atoms with van der Waals surface area (Å²) in [7, 11) is -1.92. The molecular weight excluding hydrogens is 366 g/mol. The van der Waals surface area contributed by atoms with Gasteiger partial charge in [0.1, 0.15) is 5.58 Å². The molecule has 1 aliphatic rings. The Morgan fingerprint density at radius 2 is 2.04 bits per heavy atom. The predicted octanol–water partition coefficient (Wildman–Crippen LogP) is 2.78. The van der Waals surface area contributed by atoms with Gasteiger partial charge in [-0.2, -0.15) is 0 Å². The van der Waals surface area contributed by atoms with E-state index < -0.39 is 15.6 Å². The number of nitrogens with zero attached hydrogens (tertiary/aromatic N) is 2. The Morgan fingerprint density at radius 3 is 2.81 bits per heavy atom. The van der Waals surface area contributed by atoms with Gasteiger partial charge in [0.05, 0.1) is 16.7 Å². The zero-order chi connectivity index (χ0) is 19.3. The van der Waals surface area contributed by atoms with E-state index in [9.17, 15) is 13.2 Å². The number of hydrogen-bond acceptors (Lipinski definition) is 5. The van der Waals surface area contributed by atoms with Crippen molar-refractivity contribution >= 4 is 32.0 Å². The van der Waals surface area contributed by atoms with Gasteiger partial charge < -0.3 is 8.98 Å². The van der Waals surface area contributed by atoms with Gasteiger partial charge in [0.2, 0.25) is 10.0 Å². The van der Waals surface area contributed by atoms with E-state index in [2.05, 4.69) is 23.6 Å². The lowest BCUT2D eigenvalue weighted by Crippen LogP contribution is -2.43. The molecule has 4 rings (SSSR count). The molecular formula is C19H23N3O4S. The molecule has 0 aliphatic heterocycles. The first-order valence-electron chi connectivity index (χ1n) is 9.18. The highest BCUT2D eigenvalue weighted by Gasteiger charge is 2.31. The quantitative estimate of drug-likeness (QED) is 0.695. The Hall–Kier alpha value is -2.19. The molecule has 27 heavy (non-hydrogen) atoms. The Labute approximate surface area is 157 Å². The van der Waals surface area contributed by atoms with E-state index in [0.717, 1.165) is 19.3 Å². The number of imidazole rings is 1. The third-order valence-electron chi connectivity index (χ3n) is 5.86. The molecule has 7 nitrogen and oxygen atoms in total. The summed E-state index contributed by atoms with van der Waals surface area (Å²) in [4.78, 5) is 16.3. The van der Waals surface area contributed by atoms with Crippen molar-refractivity contribution in [1.82, 2.24) is 14.3 Å². The average Bonchev–Trinajstić information content (AvgIpc) is 3.01. The first-order chi connectivity index (χ1) is 12.8. The topological polar surface area (TPSA) is 94.2 Å². The van der Waals surface area contributed by atoms with Crippen molar-refractivity contribution in [3.63, 3.8) is 0 Å². The summed E-state index contributed by atoms with van der Waals surface area (Å²) in [6.45, 7) is 4.27. The van der Waals surface area contributed by atoms with Crippen LogP contribution < -0.4 is 10.3 Å². The monoisotopic (exact) mass is 389 g/mol. The fourth-order valence-corrected chi connectivity index (χ4v) is 5.40. The summed E-state index contributed by atoms with van der Waals surface area (Å²) in [6, 6.07) is 4.50. The van der Waals surface area contributed by atoms with Crippen LogP contribution in [-0.2, 0) is 17.1 Å². The molecule has 8 heteroatoms. The lowest BCUT2D eigenvalue weighted by molar-refractivity contribution is 0.227. The molecule has 1 aliphatic carbocycles. The summed E-state index contributed by atoms with van der Waals surface area (Å²) < 4.78 is 35.9. The van der Waals surface area contributed by atoms with E-state index in [1.807, 2.05) is 0 Å². The molecule has 2 aromatic heterocycles. The van der Waals surface area contributed by atoms with E-state index in [4.69, 9.17) is 4.42 Å². The number of benzene rings is 1. The second-order valence-electron chi connectivity index (χ2n) is 7.60. The van der Waals surface area contributed by atoms with Gasteiger partial charge in [0, 0.05) is 18.5 Å². The highest BCUT2D eigenvalue weighted by Crippen LogP contribution is 2.31. The van der Waals surface area contributed by atoms with E-state index in [1.54, 1.807) is 17.7 Å².